The lowest BCUT2D eigenvalue weighted by molar-refractivity contribution is -0.137. The van der Waals surface area contributed by atoms with Crippen LogP contribution < -0.4 is 11.1 Å². The molecule has 0 aliphatic rings. The summed E-state index contributed by atoms with van der Waals surface area (Å²) in [6.07, 6.45) is 0. The van der Waals surface area contributed by atoms with Crippen LogP contribution in [0.4, 0.5) is 0 Å². The van der Waals surface area contributed by atoms with Gasteiger partial charge in [-0.2, -0.15) is 0 Å². The minimum Gasteiger partial charge on any atom is -0.361 e. The Hall–Kier alpha value is -1.84. The van der Waals surface area contributed by atoms with Gasteiger partial charge in [-0.1, -0.05) is 43.7 Å². The second kappa shape index (κ2) is 4.99. The molecule has 0 fully saturated rings. The van der Waals surface area contributed by atoms with Gasteiger partial charge in [0, 0.05) is 12.0 Å². The molecule has 0 aromatic heterocycles. The minimum atomic E-state index is -0.954. The Kier molecular flexibility index (Phi) is 3.89. The molecule has 1 aromatic carbocycles. The minimum absolute atomic E-state index is 0.237. The number of nitrogens with two attached hydrogens (primary N) is 1. The maximum atomic E-state index is 11.1. The van der Waals surface area contributed by atoms with Crippen LogP contribution in [0.2, 0.25) is 0 Å². The van der Waals surface area contributed by atoms with Crippen LogP contribution in [-0.2, 0) is 15.0 Å². The molecule has 0 heterocycles. The lowest BCUT2D eigenvalue weighted by atomic mass is 9.84. The van der Waals surface area contributed by atoms with Gasteiger partial charge in [0.25, 0.3) is 0 Å². The van der Waals surface area contributed by atoms with E-state index in [-0.39, 0.29) is 5.41 Å². The Bertz CT molecular complexity index is 422. The number of amides is 2. The highest BCUT2D eigenvalue weighted by atomic mass is 16.2. The van der Waals surface area contributed by atoms with E-state index in [2.05, 4.69) is 5.32 Å². The Morgan fingerprint density at radius 3 is 2.24 bits per heavy atom. The van der Waals surface area contributed by atoms with Gasteiger partial charge in [0.05, 0.1) is 0 Å². The van der Waals surface area contributed by atoms with Gasteiger partial charge in [0.1, 0.15) is 0 Å². The molecule has 1 aromatic rings. The molecule has 17 heavy (non-hydrogen) atoms. The van der Waals surface area contributed by atoms with E-state index in [0.717, 1.165) is 5.56 Å². The van der Waals surface area contributed by atoms with Crippen LogP contribution in [0.5, 0.6) is 0 Å². The zero-order valence-electron chi connectivity index (χ0n) is 10.4. The molecular formula is C13H18N2O2. The molecule has 0 radical (unpaired) electrons. The summed E-state index contributed by atoms with van der Waals surface area (Å²) in [5, 5.41) is 2.52. The average Bonchev–Trinajstić information content (AvgIpc) is 2.26. The van der Waals surface area contributed by atoms with E-state index in [9.17, 15) is 9.59 Å². The average molecular weight is 234 g/mol. The molecule has 3 N–H and O–H groups in total. The molecule has 0 spiro atoms. The van der Waals surface area contributed by atoms with E-state index in [0.29, 0.717) is 6.54 Å². The smallest absolute Gasteiger partial charge is 0.309 e. The first kappa shape index (κ1) is 13.2. The number of hydrogen-bond donors (Lipinski definition) is 2. The van der Waals surface area contributed by atoms with Crippen molar-refractivity contribution in [3.63, 3.8) is 0 Å². The molecule has 2 amide bonds. The van der Waals surface area contributed by atoms with Crippen molar-refractivity contribution in [1.29, 1.82) is 0 Å². The molecule has 0 aliphatic carbocycles. The van der Waals surface area contributed by atoms with Crippen molar-refractivity contribution in [2.75, 3.05) is 6.54 Å². The lowest BCUT2D eigenvalue weighted by Crippen LogP contribution is -2.42. The van der Waals surface area contributed by atoms with Gasteiger partial charge < -0.3 is 11.1 Å². The highest BCUT2D eigenvalue weighted by molar-refractivity contribution is 6.34. The number of nitrogens with one attached hydrogen (secondary N) is 1. The van der Waals surface area contributed by atoms with E-state index in [4.69, 9.17) is 5.73 Å². The van der Waals surface area contributed by atoms with Crippen LogP contribution in [0.25, 0.3) is 0 Å². The van der Waals surface area contributed by atoms with Crippen LogP contribution in [0.1, 0.15) is 25.0 Å². The van der Waals surface area contributed by atoms with Crippen molar-refractivity contribution >= 4 is 11.8 Å². The fraction of sp³-hybridized carbons (Fsp3) is 0.385. The van der Waals surface area contributed by atoms with Crippen molar-refractivity contribution in [3.8, 4) is 0 Å². The summed E-state index contributed by atoms with van der Waals surface area (Å²) in [6, 6.07) is 8.08. The number of aryl methyl sites for hydroxylation is 1. The van der Waals surface area contributed by atoms with E-state index < -0.39 is 11.8 Å². The Labute approximate surface area is 101 Å². The number of rotatable bonds is 3. The number of benzene rings is 1. The second-order valence-electron chi connectivity index (χ2n) is 4.80. The molecule has 0 saturated heterocycles. The third kappa shape index (κ3) is 3.59. The fourth-order valence-corrected chi connectivity index (χ4v) is 1.50. The van der Waals surface area contributed by atoms with Crippen molar-refractivity contribution in [3.05, 3.63) is 35.4 Å². The van der Waals surface area contributed by atoms with Crippen LogP contribution >= 0.6 is 0 Å². The van der Waals surface area contributed by atoms with Gasteiger partial charge >= 0.3 is 11.8 Å². The van der Waals surface area contributed by atoms with Gasteiger partial charge in [0.2, 0.25) is 0 Å². The van der Waals surface area contributed by atoms with Gasteiger partial charge in [-0.15, -0.1) is 0 Å². The molecule has 4 nitrogen and oxygen atoms in total. The van der Waals surface area contributed by atoms with Gasteiger partial charge in [0.15, 0.2) is 0 Å². The zero-order valence-corrected chi connectivity index (χ0v) is 10.4. The Morgan fingerprint density at radius 2 is 1.76 bits per heavy atom. The third-order valence-electron chi connectivity index (χ3n) is 2.75. The van der Waals surface area contributed by atoms with E-state index >= 15 is 0 Å². The maximum Gasteiger partial charge on any atom is 0.309 e. The quantitative estimate of drug-likeness (QED) is 0.762. The first-order valence-corrected chi connectivity index (χ1v) is 5.48. The first-order valence-electron chi connectivity index (χ1n) is 5.48. The van der Waals surface area contributed by atoms with E-state index in [1.807, 2.05) is 45.0 Å². The fourth-order valence-electron chi connectivity index (χ4n) is 1.50. The first-order chi connectivity index (χ1) is 7.83. The second-order valence-corrected chi connectivity index (χ2v) is 4.80. The molecule has 92 valence electrons. The van der Waals surface area contributed by atoms with Crippen molar-refractivity contribution in [2.45, 2.75) is 26.2 Å². The largest absolute Gasteiger partial charge is 0.361 e. The summed E-state index contributed by atoms with van der Waals surface area (Å²) in [4.78, 5) is 21.7. The standard InChI is InChI=1S/C13H18N2O2/c1-9-4-6-10(7-5-9)13(2,3)8-15-12(17)11(14)16/h4-7H,8H2,1-3H3,(H2,14,16)(H,15,17). The highest BCUT2D eigenvalue weighted by Crippen LogP contribution is 2.22. The van der Waals surface area contributed by atoms with Gasteiger partial charge in [-0.3, -0.25) is 9.59 Å². The summed E-state index contributed by atoms with van der Waals surface area (Å²) in [5.41, 5.74) is 6.93. The lowest BCUT2D eigenvalue weighted by Gasteiger charge is -2.25. The molecular weight excluding hydrogens is 216 g/mol. The van der Waals surface area contributed by atoms with Crippen molar-refractivity contribution in [1.82, 2.24) is 5.32 Å². The van der Waals surface area contributed by atoms with Crippen LogP contribution in [0, 0.1) is 6.92 Å². The summed E-state index contributed by atoms with van der Waals surface area (Å²) >= 11 is 0. The van der Waals surface area contributed by atoms with Crippen LogP contribution in [0.3, 0.4) is 0 Å². The van der Waals surface area contributed by atoms with Gasteiger partial charge in [-0.25, -0.2) is 0 Å². The predicted molar refractivity (Wildman–Crippen MR) is 66.4 cm³/mol. The van der Waals surface area contributed by atoms with Crippen LogP contribution in [-0.4, -0.2) is 18.4 Å². The number of carbonyl (C=O) groups is 2. The molecule has 0 bridgehead atoms. The normalized spacial score (nSPS) is 11.0. The van der Waals surface area contributed by atoms with Crippen molar-refractivity contribution in [2.24, 2.45) is 5.73 Å². The number of primary amides is 1. The third-order valence-corrected chi connectivity index (χ3v) is 2.75. The zero-order chi connectivity index (χ0) is 13.1. The molecule has 0 atom stereocenters. The van der Waals surface area contributed by atoms with Crippen molar-refractivity contribution < 1.29 is 9.59 Å². The molecule has 0 aliphatic heterocycles. The molecule has 0 saturated carbocycles. The summed E-state index contributed by atoms with van der Waals surface area (Å²) in [6.45, 7) is 6.39. The highest BCUT2D eigenvalue weighted by Gasteiger charge is 2.22. The summed E-state index contributed by atoms with van der Waals surface area (Å²) in [5.74, 6) is -1.70. The monoisotopic (exact) mass is 234 g/mol. The predicted octanol–water partition coefficient (Wildman–Crippen LogP) is 0.874. The maximum absolute atomic E-state index is 11.1. The number of hydrogen-bond acceptors (Lipinski definition) is 2. The SMILES string of the molecule is Cc1ccc(C(C)(C)CNC(=O)C(N)=O)cc1. The molecule has 1 rings (SSSR count). The van der Waals surface area contributed by atoms with Gasteiger partial charge in [-0.05, 0) is 12.5 Å². The van der Waals surface area contributed by atoms with Crippen LogP contribution in [0.15, 0.2) is 24.3 Å². The Morgan fingerprint density at radius 1 is 1.24 bits per heavy atom. The van der Waals surface area contributed by atoms with E-state index in [1.165, 1.54) is 5.56 Å². The van der Waals surface area contributed by atoms with E-state index in [1.54, 1.807) is 0 Å². The Balaban J connectivity index is 2.71. The topological polar surface area (TPSA) is 72.2 Å². The summed E-state index contributed by atoms with van der Waals surface area (Å²) < 4.78 is 0. The number of carbonyl (C=O) groups excluding carboxylic acids is 2. The molecule has 4 heteroatoms. The molecule has 0 unspecified atom stereocenters. The summed E-state index contributed by atoms with van der Waals surface area (Å²) in [7, 11) is 0.